The summed E-state index contributed by atoms with van der Waals surface area (Å²) in [5, 5.41) is 9.56. The van der Waals surface area contributed by atoms with Crippen LogP contribution in [0, 0.1) is 5.41 Å². The van der Waals surface area contributed by atoms with Gasteiger partial charge in [-0.3, -0.25) is 14.4 Å². The van der Waals surface area contributed by atoms with E-state index in [1.165, 1.54) is 13.8 Å². The van der Waals surface area contributed by atoms with Crippen LogP contribution in [0.25, 0.3) is 22.3 Å². The number of carbonyl (C=O) groups excluding carboxylic acids is 3. The van der Waals surface area contributed by atoms with Gasteiger partial charge in [0.25, 0.3) is 5.79 Å². The van der Waals surface area contributed by atoms with Crippen molar-refractivity contribution in [1.82, 2.24) is 0 Å². The molecule has 4 aromatic carbocycles. The Kier molecular flexibility index (Phi) is 6.49. The van der Waals surface area contributed by atoms with Gasteiger partial charge in [0.1, 0.15) is 11.5 Å². The summed E-state index contributed by atoms with van der Waals surface area (Å²) in [5.74, 6) is -3.94. The fraction of sp³-hybridized carbons (Fsp3) is 0.229. The van der Waals surface area contributed by atoms with E-state index < -0.39 is 35.0 Å². The number of hydrogen-bond donors (Lipinski definition) is 1. The zero-order valence-electron chi connectivity index (χ0n) is 22.9. The molecule has 1 saturated carbocycles. The summed E-state index contributed by atoms with van der Waals surface area (Å²) in [6.45, 7) is 3.08. The van der Waals surface area contributed by atoms with Crippen molar-refractivity contribution >= 4 is 17.7 Å². The smallest absolute Gasteiger partial charge is 0.328 e. The average Bonchev–Trinajstić information content (AvgIpc) is 2.96. The monoisotopic (exact) mass is 546 g/mol. The van der Waals surface area contributed by atoms with Crippen LogP contribution in [0.4, 0.5) is 0 Å². The molecule has 2 aliphatic rings. The van der Waals surface area contributed by atoms with Gasteiger partial charge in [-0.05, 0) is 45.5 Å². The maximum absolute atomic E-state index is 13.9. The number of rotatable bonds is 4. The van der Waals surface area contributed by atoms with Gasteiger partial charge < -0.3 is 14.6 Å². The van der Waals surface area contributed by atoms with Crippen LogP contribution in [-0.2, 0) is 23.9 Å². The molecule has 1 heterocycles. The average molecular weight is 547 g/mol. The van der Waals surface area contributed by atoms with E-state index in [1.807, 2.05) is 91.0 Å². The fourth-order valence-electron chi connectivity index (χ4n) is 6.26. The normalized spacial score (nSPS) is 21.3. The molecule has 0 bridgehead atoms. The summed E-state index contributed by atoms with van der Waals surface area (Å²) in [4.78, 5) is 40.9. The SMILES string of the molecule is CC1(C)OC(=O)C2(C(=O)O1)[C@@H](c1ccc(-c3ccc(-c4ccc(O)cc4)cc3)cc1)CC(=O)C[C@H]2c1ccccc1. The van der Waals surface area contributed by atoms with E-state index >= 15 is 0 Å². The molecule has 1 saturated heterocycles. The predicted molar refractivity (Wildman–Crippen MR) is 154 cm³/mol. The van der Waals surface area contributed by atoms with Gasteiger partial charge >= 0.3 is 11.9 Å². The van der Waals surface area contributed by atoms with Crippen LogP contribution < -0.4 is 0 Å². The quantitative estimate of drug-likeness (QED) is 0.224. The first-order valence-corrected chi connectivity index (χ1v) is 13.7. The van der Waals surface area contributed by atoms with Crippen molar-refractivity contribution in [2.45, 2.75) is 44.3 Å². The highest BCUT2D eigenvalue weighted by Gasteiger charge is 2.67. The number of esters is 2. The third kappa shape index (κ3) is 4.69. The van der Waals surface area contributed by atoms with E-state index in [4.69, 9.17) is 9.47 Å². The topological polar surface area (TPSA) is 89.9 Å². The Morgan fingerprint density at radius 2 is 0.976 bits per heavy atom. The van der Waals surface area contributed by atoms with Crippen LogP contribution >= 0.6 is 0 Å². The van der Waals surface area contributed by atoms with Crippen LogP contribution in [-0.4, -0.2) is 28.6 Å². The zero-order valence-corrected chi connectivity index (χ0v) is 22.9. The molecule has 1 spiro atoms. The minimum absolute atomic E-state index is 0.0196. The van der Waals surface area contributed by atoms with Crippen LogP contribution in [0.5, 0.6) is 5.75 Å². The van der Waals surface area contributed by atoms with Gasteiger partial charge in [0.2, 0.25) is 0 Å². The lowest BCUT2D eigenvalue weighted by Crippen LogP contribution is -2.61. The predicted octanol–water partition coefficient (Wildman–Crippen LogP) is 6.78. The lowest BCUT2D eigenvalue weighted by molar-refractivity contribution is -0.256. The Hall–Kier alpha value is -4.71. The summed E-state index contributed by atoms with van der Waals surface area (Å²) < 4.78 is 11.4. The van der Waals surface area contributed by atoms with Gasteiger partial charge in [0.05, 0.1) is 0 Å². The maximum atomic E-state index is 13.9. The first-order valence-electron chi connectivity index (χ1n) is 13.7. The molecular formula is C35H30O6. The maximum Gasteiger partial charge on any atom is 0.328 e. The molecular weight excluding hydrogens is 516 g/mol. The van der Waals surface area contributed by atoms with E-state index in [0.29, 0.717) is 5.56 Å². The van der Waals surface area contributed by atoms with Gasteiger partial charge in [-0.2, -0.15) is 0 Å². The van der Waals surface area contributed by atoms with Crippen molar-refractivity contribution in [2.75, 3.05) is 0 Å². The van der Waals surface area contributed by atoms with Crippen LogP contribution in [0.2, 0.25) is 0 Å². The summed E-state index contributed by atoms with van der Waals surface area (Å²) >= 11 is 0. The molecule has 0 radical (unpaired) electrons. The Bertz CT molecular complexity index is 1580. The Morgan fingerprint density at radius 1 is 0.585 bits per heavy atom. The summed E-state index contributed by atoms with van der Waals surface area (Å²) in [6, 6.07) is 32.0. The molecule has 6 heteroatoms. The van der Waals surface area contributed by atoms with Gasteiger partial charge in [0, 0.05) is 38.5 Å². The van der Waals surface area contributed by atoms with Crippen LogP contribution in [0.3, 0.4) is 0 Å². The van der Waals surface area contributed by atoms with Crippen molar-refractivity contribution < 1.29 is 29.0 Å². The minimum atomic E-state index is -1.68. The van der Waals surface area contributed by atoms with Crippen molar-refractivity contribution in [3.8, 4) is 28.0 Å². The van der Waals surface area contributed by atoms with Crippen molar-refractivity contribution in [3.63, 3.8) is 0 Å². The van der Waals surface area contributed by atoms with Gasteiger partial charge in [-0.1, -0.05) is 91.0 Å². The number of phenols is 1. The largest absolute Gasteiger partial charge is 0.508 e. The third-order valence-corrected chi connectivity index (χ3v) is 8.25. The van der Waals surface area contributed by atoms with E-state index in [1.54, 1.807) is 12.1 Å². The number of benzene rings is 4. The number of Topliss-reactive ketones (excluding diaryl/α,β-unsaturated/α-hetero) is 1. The second-order valence-electron chi connectivity index (χ2n) is 11.3. The molecule has 6 rings (SSSR count). The molecule has 2 atom stereocenters. The number of phenolic OH excluding ortho intramolecular Hbond substituents is 1. The number of ketones is 1. The fourth-order valence-corrected chi connectivity index (χ4v) is 6.26. The highest BCUT2D eigenvalue weighted by Crippen LogP contribution is 2.57. The lowest BCUT2D eigenvalue weighted by atomic mass is 9.55. The Labute approximate surface area is 238 Å². The standard InChI is InChI=1S/C35H30O6/c1-34(2)40-32(38)35(33(39)41-34)30(26-6-4-3-5-7-26)20-29(37)21-31(35)27-14-12-24(13-15-27)22-8-10-23(11-9-22)25-16-18-28(36)19-17-25/h3-19,30-31,36H,20-21H2,1-2H3/t30-,31+/m0/s1. The first-order chi connectivity index (χ1) is 19.7. The second-order valence-corrected chi connectivity index (χ2v) is 11.3. The highest BCUT2D eigenvalue weighted by molar-refractivity contribution is 6.06. The van der Waals surface area contributed by atoms with Gasteiger partial charge in [-0.15, -0.1) is 0 Å². The van der Waals surface area contributed by atoms with E-state index in [0.717, 1.165) is 27.8 Å². The summed E-state index contributed by atoms with van der Waals surface area (Å²) in [5.41, 5.74) is 3.72. The van der Waals surface area contributed by atoms with E-state index in [-0.39, 0.29) is 24.4 Å². The molecule has 41 heavy (non-hydrogen) atoms. The van der Waals surface area contributed by atoms with Crippen molar-refractivity contribution in [2.24, 2.45) is 5.41 Å². The molecule has 206 valence electrons. The van der Waals surface area contributed by atoms with E-state index in [2.05, 4.69) is 0 Å². The lowest BCUT2D eigenvalue weighted by Gasteiger charge is -2.49. The molecule has 4 aromatic rings. The molecule has 1 aliphatic carbocycles. The zero-order chi connectivity index (χ0) is 28.8. The number of aromatic hydroxyl groups is 1. The molecule has 0 amide bonds. The first kappa shape index (κ1) is 26.5. The van der Waals surface area contributed by atoms with Gasteiger partial charge in [-0.25, -0.2) is 0 Å². The van der Waals surface area contributed by atoms with Gasteiger partial charge in [0.15, 0.2) is 5.41 Å². The third-order valence-electron chi connectivity index (χ3n) is 8.25. The minimum Gasteiger partial charge on any atom is -0.508 e. The number of cyclic esters (lactones) is 2. The van der Waals surface area contributed by atoms with Crippen LogP contribution in [0.15, 0.2) is 103 Å². The molecule has 0 unspecified atom stereocenters. The Balaban J connectivity index is 1.37. The summed E-state index contributed by atoms with van der Waals surface area (Å²) in [6.07, 6.45) is 0.0885. The Morgan fingerprint density at radius 3 is 1.44 bits per heavy atom. The second kappa shape index (κ2) is 10.0. The highest BCUT2D eigenvalue weighted by atomic mass is 16.7. The summed E-state index contributed by atoms with van der Waals surface area (Å²) in [7, 11) is 0. The molecule has 6 nitrogen and oxygen atoms in total. The van der Waals surface area contributed by atoms with E-state index in [9.17, 15) is 19.5 Å². The molecule has 2 fully saturated rings. The number of hydrogen-bond acceptors (Lipinski definition) is 6. The number of carbonyl (C=O) groups is 3. The number of ether oxygens (including phenoxy) is 2. The van der Waals surface area contributed by atoms with Crippen LogP contribution in [0.1, 0.15) is 49.7 Å². The molecule has 1 aliphatic heterocycles. The van der Waals surface area contributed by atoms with Crippen molar-refractivity contribution in [3.05, 3.63) is 114 Å². The molecule has 0 aromatic heterocycles. The molecule has 1 N–H and O–H groups in total. The van der Waals surface area contributed by atoms with Crippen molar-refractivity contribution in [1.29, 1.82) is 0 Å².